The number of halogens is 1. The molecule has 0 aromatic heterocycles. The number of likely N-dealkylation sites (N-methyl/N-ethyl adjacent to an activating group) is 1. The highest BCUT2D eigenvalue weighted by Gasteiger charge is 2.37. The monoisotopic (exact) mass is 327 g/mol. The molecule has 1 aromatic rings. The van der Waals surface area contributed by atoms with Gasteiger partial charge in [0.25, 0.3) is 0 Å². The summed E-state index contributed by atoms with van der Waals surface area (Å²) < 4.78 is 1.63. The molecule has 3 heteroatoms. The van der Waals surface area contributed by atoms with Crippen molar-refractivity contribution in [1.29, 1.82) is 0 Å². The molecule has 1 heterocycles. The number of hydrogen-bond acceptors (Lipinski definition) is 2. The topological polar surface area (TPSA) is 12.0 Å². The Kier molecular flexibility index (Phi) is 5.16. The van der Waals surface area contributed by atoms with Crippen LogP contribution in [-0.2, 0) is 6.42 Å². The molecule has 0 aliphatic carbocycles. The Labute approximate surface area is 123 Å². The molecular weight excluding hydrogens is 306 g/mol. The van der Waals surface area contributed by atoms with Gasteiger partial charge in [-0.15, -0.1) is 0 Å². The third-order valence-corrected chi connectivity index (χ3v) is 6.23. The Bertz CT molecular complexity index is 388. The molecule has 18 heavy (non-hydrogen) atoms. The normalized spacial score (nSPS) is 25.3. The van der Waals surface area contributed by atoms with E-state index in [4.69, 9.17) is 0 Å². The van der Waals surface area contributed by atoms with Crippen LogP contribution >= 0.6 is 27.7 Å². The van der Waals surface area contributed by atoms with Crippen LogP contribution in [0.4, 0.5) is 0 Å². The van der Waals surface area contributed by atoms with Gasteiger partial charge < -0.3 is 5.32 Å². The Morgan fingerprint density at radius 3 is 2.83 bits per heavy atom. The van der Waals surface area contributed by atoms with Gasteiger partial charge in [0.2, 0.25) is 0 Å². The summed E-state index contributed by atoms with van der Waals surface area (Å²) >= 11 is 5.81. The highest BCUT2D eigenvalue weighted by molar-refractivity contribution is 9.10. The zero-order chi connectivity index (χ0) is 13.0. The van der Waals surface area contributed by atoms with E-state index in [0.717, 1.165) is 13.0 Å². The summed E-state index contributed by atoms with van der Waals surface area (Å²) in [6, 6.07) is 9.16. The van der Waals surface area contributed by atoms with Gasteiger partial charge in [-0.1, -0.05) is 41.1 Å². The first-order chi connectivity index (χ1) is 8.65. The highest BCUT2D eigenvalue weighted by atomic mass is 79.9. The molecule has 0 spiro atoms. The second kappa shape index (κ2) is 6.44. The van der Waals surface area contributed by atoms with Crippen LogP contribution in [0.25, 0.3) is 0 Å². The Hall–Kier alpha value is 0.01000. The van der Waals surface area contributed by atoms with Crippen LogP contribution in [0.15, 0.2) is 28.7 Å². The summed E-state index contributed by atoms with van der Waals surface area (Å²) in [6.45, 7) is 5.68. The van der Waals surface area contributed by atoms with Crippen LogP contribution < -0.4 is 5.32 Å². The molecule has 0 bridgehead atoms. The van der Waals surface area contributed by atoms with Gasteiger partial charge >= 0.3 is 0 Å². The predicted molar refractivity (Wildman–Crippen MR) is 85.4 cm³/mol. The zero-order valence-electron chi connectivity index (χ0n) is 11.2. The summed E-state index contributed by atoms with van der Waals surface area (Å²) in [7, 11) is 0. The lowest BCUT2D eigenvalue weighted by Gasteiger charge is -2.34. The Morgan fingerprint density at radius 2 is 2.22 bits per heavy atom. The summed E-state index contributed by atoms with van der Waals surface area (Å²) in [5.41, 5.74) is 1.41. The molecule has 2 rings (SSSR count). The molecule has 1 aromatic carbocycles. The lowest BCUT2D eigenvalue weighted by Crippen LogP contribution is -2.46. The fourth-order valence-electron chi connectivity index (χ4n) is 2.71. The standard InChI is InChI=1S/C15H22BrNS/c1-3-17-14(15(2)9-6-10-18-15)11-12-7-4-5-8-13(12)16/h4-5,7-8,14,17H,3,6,9-11H2,1-2H3. The third-order valence-electron chi connectivity index (χ3n) is 3.82. The van der Waals surface area contributed by atoms with E-state index in [1.807, 2.05) is 0 Å². The number of thioether (sulfide) groups is 1. The maximum absolute atomic E-state index is 3.70. The highest BCUT2D eigenvalue weighted by Crippen LogP contribution is 2.41. The second-order valence-corrected chi connectivity index (χ2v) is 7.65. The lowest BCUT2D eigenvalue weighted by molar-refractivity contribution is 0.406. The summed E-state index contributed by atoms with van der Waals surface area (Å²) in [6.07, 6.45) is 3.80. The smallest absolute Gasteiger partial charge is 0.0288 e. The molecule has 1 N–H and O–H groups in total. The molecule has 100 valence electrons. The fourth-order valence-corrected chi connectivity index (χ4v) is 4.57. The molecule has 1 aliphatic heterocycles. The lowest BCUT2D eigenvalue weighted by atomic mass is 9.91. The number of benzene rings is 1. The average Bonchev–Trinajstić information content (AvgIpc) is 2.79. The van der Waals surface area contributed by atoms with Crippen molar-refractivity contribution >= 4 is 27.7 Å². The summed E-state index contributed by atoms with van der Waals surface area (Å²) in [5, 5.41) is 3.70. The quantitative estimate of drug-likeness (QED) is 0.867. The van der Waals surface area contributed by atoms with E-state index in [1.54, 1.807) is 0 Å². The first kappa shape index (κ1) is 14.4. The van der Waals surface area contributed by atoms with Crippen molar-refractivity contribution in [3.05, 3.63) is 34.3 Å². The first-order valence-electron chi connectivity index (χ1n) is 6.76. The molecule has 0 radical (unpaired) electrons. The van der Waals surface area contributed by atoms with Crippen LogP contribution in [0.2, 0.25) is 0 Å². The molecule has 2 unspecified atom stereocenters. The molecule has 1 saturated heterocycles. The van der Waals surface area contributed by atoms with Crippen LogP contribution in [0.3, 0.4) is 0 Å². The van der Waals surface area contributed by atoms with Gasteiger partial charge in [0, 0.05) is 15.3 Å². The van der Waals surface area contributed by atoms with Gasteiger partial charge in [-0.3, -0.25) is 0 Å². The first-order valence-corrected chi connectivity index (χ1v) is 8.54. The van der Waals surface area contributed by atoms with Crippen molar-refractivity contribution in [2.45, 2.75) is 43.9 Å². The molecular formula is C15H22BrNS. The van der Waals surface area contributed by atoms with Gasteiger partial charge in [-0.2, -0.15) is 11.8 Å². The maximum atomic E-state index is 3.70. The van der Waals surface area contributed by atoms with Gasteiger partial charge in [-0.05, 0) is 50.1 Å². The van der Waals surface area contributed by atoms with E-state index in [2.05, 4.69) is 71.1 Å². The predicted octanol–water partition coefficient (Wildman–Crippen LogP) is 4.26. The minimum Gasteiger partial charge on any atom is -0.313 e. The molecule has 1 aliphatic rings. The number of hydrogen-bond donors (Lipinski definition) is 1. The molecule has 1 fully saturated rings. The van der Waals surface area contributed by atoms with Crippen LogP contribution in [0, 0.1) is 0 Å². The minimum absolute atomic E-state index is 0.394. The van der Waals surface area contributed by atoms with Gasteiger partial charge in [0.15, 0.2) is 0 Å². The van der Waals surface area contributed by atoms with Crippen molar-refractivity contribution in [1.82, 2.24) is 5.32 Å². The van der Waals surface area contributed by atoms with E-state index in [9.17, 15) is 0 Å². The average molecular weight is 328 g/mol. The van der Waals surface area contributed by atoms with E-state index in [0.29, 0.717) is 10.8 Å². The fraction of sp³-hybridized carbons (Fsp3) is 0.600. The molecule has 0 amide bonds. The van der Waals surface area contributed by atoms with Gasteiger partial charge in [-0.25, -0.2) is 0 Å². The number of rotatable bonds is 5. The zero-order valence-corrected chi connectivity index (χ0v) is 13.6. The van der Waals surface area contributed by atoms with Crippen molar-refractivity contribution in [2.24, 2.45) is 0 Å². The Morgan fingerprint density at radius 1 is 1.44 bits per heavy atom. The maximum Gasteiger partial charge on any atom is 0.0288 e. The van der Waals surface area contributed by atoms with E-state index >= 15 is 0 Å². The summed E-state index contributed by atoms with van der Waals surface area (Å²) in [5.74, 6) is 1.31. The SMILES string of the molecule is CCNC(Cc1ccccc1Br)C1(C)CCCS1. The van der Waals surface area contributed by atoms with Crippen LogP contribution in [-0.4, -0.2) is 23.1 Å². The second-order valence-electron chi connectivity index (χ2n) is 5.17. The van der Waals surface area contributed by atoms with Crippen LogP contribution in [0.1, 0.15) is 32.3 Å². The van der Waals surface area contributed by atoms with Crippen molar-refractivity contribution in [3.63, 3.8) is 0 Å². The molecule has 1 nitrogen and oxygen atoms in total. The van der Waals surface area contributed by atoms with Crippen molar-refractivity contribution in [3.8, 4) is 0 Å². The number of nitrogens with one attached hydrogen (secondary N) is 1. The largest absolute Gasteiger partial charge is 0.313 e. The van der Waals surface area contributed by atoms with Crippen molar-refractivity contribution in [2.75, 3.05) is 12.3 Å². The van der Waals surface area contributed by atoms with Gasteiger partial charge in [0.1, 0.15) is 0 Å². The van der Waals surface area contributed by atoms with Crippen LogP contribution in [0.5, 0.6) is 0 Å². The van der Waals surface area contributed by atoms with Gasteiger partial charge in [0.05, 0.1) is 0 Å². The summed E-state index contributed by atoms with van der Waals surface area (Å²) in [4.78, 5) is 0. The van der Waals surface area contributed by atoms with E-state index < -0.39 is 0 Å². The minimum atomic E-state index is 0.394. The van der Waals surface area contributed by atoms with E-state index in [-0.39, 0.29) is 0 Å². The Balaban J connectivity index is 2.13. The third kappa shape index (κ3) is 3.31. The van der Waals surface area contributed by atoms with E-state index in [1.165, 1.54) is 28.6 Å². The molecule has 0 saturated carbocycles. The molecule has 2 atom stereocenters. The van der Waals surface area contributed by atoms with Crippen molar-refractivity contribution < 1.29 is 0 Å².